The van der Waals surface area contributed by atoms with Gasteiger partial charge in [0.05, 0.1) is 16.3 Å². The molecular formula is C23H24FN5O3. The van der Waals surface area contributed by atoms with E-state index in [1.54, 1.807) is 24.3 Å². The molecule has 4 rings (SSSR count). The second-order valence-corrected chi connectivity index (χ2v) is 7.74. The lowest BCUT2D eigenvalue weighted by molar-refractivity contribution is -0.384. The lowest BCUT2D eigenvalue weighted by Crippen LogP contribution is -2.38. The highest BCUT2D eigenvalue weighted by Crippen LogP contribution is 2.25. The van der Waals surface area contributed by atoms with E-state index in [1.807, 2.05) is 0 Å². The fourth-order valence-electron chi connectivity index (χ4n) is 3.88. The predicted octanol–water partition coefficient (Wildman–Crippen LogP) is 3.80. The van der Waals surface area contributed by atoms with Crippen molar-refractivity contribution in [3.8, 4) is 16.9 Å². The normalized spacial score (nSPS) is 14.3. The molecule has 1 saturated heterocycles. The maximum Gasteiger partial charge on any atom is 0.271 e. The topological polar surface area (TPSA) is 93.3 Å². The van der Waals surface area contributed by atoms with Gasteiger partial charge in [-0.3, -0.25) is 14.9 Å². The number of nitro benzene ring substituents is 1. The summed E-state index contributed by atoms with van der Waals surface area (Å²) in [5.41, 5.74) is 0.932. The molecule has 0 aliphatic carbocycles. The van der Waals surface area contributed by atoms with Gasteiger partial charge in [-0.15, -0.1) is 0 Å². The second-order valence-electron chi connectivity index (χ2n) is 7.74. The number of rotatable bonds is 7. The summed E-state index contributed by atoms with van der Waals surface area (Å²) >= 11 is 0. The zero-order valence-corrected chi connectivity index (χ0v) is 17.5. The van der Waals surface area contributed by atoms with Gasteiger partial charge in [0.2, 0.25) is 0 Å². The summed E-state index contributed by atoms with van der Waals surface area (Å²) in [6.07, 6.45) is 3.57. The smallest absolute Gasteiger partial charge is 0.271 e. The summed E-state index contributed by atoms with van der Waals surface area (Å²) in [6.45, 7) is 3.27. The molecular weight excluding hydrogens is 413 g/mol. The Morgan fingerprint density at radius 3 is 2.62 bits per heavy atom. The first kappa shape index (κ1) is 21.6. The predicted molar refractivity (Wildman–Crippen MR) is 118 cm³/mol. The summed E-state index contributed by atoms with van der Waals surface area (Å²) < 4.78 is 15.7. The molecule has 32 heavy (non-hydrogen) atoms. The van der Waals surface area contributed by atoms with Gasteiger partial charge in [0.25, 0.3) is 11.6 Å². The molecule has 1 N–H and O–H groups in total. The molecule has 2 aromatic carbocycles. The molecule has 1 aliphatic heterocycles. The first-order valence-electron chi connectivity index (χ1n) is 10.6. The van der Waals surface area contributed by atoms with E-state index >= 15 is 0 Å². The average Bonchev–Trinajstić information content (AvgIpc) is 3.25. The average molecular weight is 437 g/mol. The minimum Gasteiger partial charge on any atom is -0.349 e. The molecule has 2 heterocycles. The van der Waals surface area contributed by atoms with Crippen molar-refractivity contribution in [3.63, 3.8) is 0 Å². The second kappa shape index (κ2) is 9.69. The van der Waals surface area contributed by atoms with Crippen LogP contribution in [0.2, 0.25) is 0 Å². The van der Waals surface area contributed by atoms with Crippen molar-refractivity contribution in [1.82, 2.24) is 20.0 Å². The number of carbonyl (C=O) groups excluding carboxylic acids is 1. The third-order valence-corrected chi connectivity index (χ3v) is 5.54. The van der Waals surface area contributed by atoms with E-state index in [2.05, 4.69) is 15.3 Å². The van der Waals surface area contributed by atoms with Crippen LogP contribution in [-0.2, 0) is 0 Å². The van der Waals surface area contributed by atoms with Crippen molar-refractivity contribution < 1.29 is 14.1 Å². The van der Waals surface area contributed by atoms with Crippen LogP contribution in [0.5, 0.6) is 0 Å². The van der Waals surface area contributed by atoms with E-state index in [0.29, 0.717) is 12.2 Å². The number of nitrogens with one attached hydrogen (secondary N) is 1. The third-order valence-electron chi connectivity index (χ3n) is 5.54. The molecule has 8 nitrogen and oxygen atoms in total. The van der Waals surface area contributed by atoms with Crippen LogP contribution in [0.15, 0.2) is 54.6 Å². The molecule has 0 spiro atoms. The number of likely N-dealkylation sites (tertiary alicyclic amines) is 1. The van der Waals surface area contributed by atoms with Crippen LogP contribution >= 0.6 is 0 Å². The number of carbonyl (C=O) groups is 1. The monoisotopic (exact) mass is 437 g/mol. The van der Waals surface area contributed by atoms with Crippen LogP contribution in [0.4, 0.5) is 10.1 Å². The van der Waals surface area contributed by atoms with E-state index in [1.165, 1.54) is 54.3 Å². The summed E-state index contributed by atoms with van der Waals surface area (Å²) in [5.74, 6) is -0.836. The lowest BCUT2D eigenvalue weighted by Gasteiger charge is -2.26. The minimum atomic E-state index is -0.511. The van der Waals surface area contributed by atoms with Gasteiger partial charge in [-0.05, 0) is 50.2 Å². The van der Waals surface area contributed by atoms with Crippen LogP contribution in [0, 0.1) is 15.9 Å². The van der Waals surface area contributed by atoms with Gasteiger partial charge in [0.15, 0.2) is 0 Å². The van der Waals surface area contributed by atoms with Gasteiger partial charge in [-0.2, -0.15) is 5.10 Å². The standard InChI is InChI=1S/C23H24FN5O3/c24-20-10-3-2-9-19(20)21-16-22(23(30)25-11-14-27-12-4-1-5-13-27)28(26-21)17-7-6-8-18(15-17)29(31)32/h2-3,6-10,15-16H,1,4-5,11-14H2,(H,25,30). The molecule has 1 amide bonds. The number of halogens is 1. The fourth-order valence-corrected chi connectivity index (χ4v) is 3.88. The Kier molecular flexibility index (Phi) is 6.55. The molecule has 0 unspecified atom stereocenters. The van der Waals surface area contributed by atoms with E-state index in [-0.39, 0.29) is 28.5 Å². The van der Waals surface area contributed by atoms with Crippen molar-refractivity contribution in [2.45, 2.75) is 19.3 Å². The number of hydrogen-bond donors (Lipinski definition) is 1. The first-order valence-corrected chi connectivity index (χ1v) is 10.6. The Morgan fingerprint density at radius 1 is 1.09 bits per heavy atom. The highest BCUT2D eigenvalue weighted by Gasteiger charge is 2.20. The van der Waals surface area contributed by atoms with E-state index < -0.39 is 10.7 Å². The minimum absolute atomic E-state index is 0.123. The molecule has 9 heteroatoms. The Morgan fingerprint density at radius 2 is 1.88 bits per heavy atom. The molecule has 0 bridgehead atoms. The molecule has 1 fully saturated rings. The first-order chi connectivity index (χ1) is 15.5. The van der Waals surface area contributed by atoms with Gasteiger partial charge < -0.3 is 10.2 Å². The van der Waals surface area contributed by atoms with Gasteiger partial charge in [-0.25, -0.2) is 9.07 Å². The van der Waals surface area contributed by atoms with Crippen LogP contribution in [0.3, 0.4) is 0 Å². The number of aromatic nitrogens is 2. The van der Waals surface area contributed by atoms with Crippen LogP contribution in [-0.4, -0.2) is 51.7 Å². The molecule has 0 radical (unpaired) electrons. The largest absolute Gasteiger partial charge is 0.349 e. The maximum absolute atomic E-state index is 14.4. The quantitative estimate of drug-likeness (QED) is 0.448. The van der Waals surface area contributed by atoms with Gasteiger partial charge in [0.1, 0.15) is 11.5 Å². The van der Waals surface area contributed by atoms with Gasteiger partial charge >= 0.3 is 0 Å². The number of non-ortho nitro benzene ring substituents is 1. The Hall–Kier alpha value is -3.59. The Balaban J connectivity index is 1.63. The van der Waals surface area contributed by atoms with E-state index in [9.17, 15) is 19.3 Å². The van der Waals surface area contributed by atoms with Crippen LogP contribution in [0.25, 0.3) is 16.9 Å². The fraction of sp³-hybridized carbons (Fsp3) is 0.304. The maximum atomic E-state index is 14.4. The number of nitro groups is 1. The number of benzene rings is 2. The number of amides is 1. The molecule has 1 aromatic heterocycles. The molecule has 3 aromatic rings. The SMILES string of the molecule is O=C(NCCN1CCCCC1)c1cc(-c2ccccc2F)nn1-c1cccc([N+](=O)[O-])c1. The summed E-state index contributed by atoms with van der Waals surface area (Å²) in [4.78, 5) is 26.0. The number of piperidine rings is 1. The highest BCUT2D eigenvalue weighted by atomic mass is 19.1. The van der Waals surface area contributed by atoms with E-state index in [0.717, 1.165) is 19.6 Å². The van der Waals surface area contributed by atoms with Gasteiger partial charge in [-0.1, -0.05) is 24.6 Å². The molecule has 1 aliphatic rings. The molecule has 166 valence electrons. The molecule has 0 saturated carbocycles. The number of hydrogen-bond acceptors (Lipinski definition) is 5. The summed E-state index contributed by atoms with van der Waals surface area (Å²) in [5, 5.41) is 18.5. The van der Waals surface area contributed by atoms with Gasteiger partial charge in [0, 0.05) is 30.8 Å². The van der Waals surface area contributed by atoms with Crippen molar-refractivity contribution in [2.24, 2.45) is 0 Å². The van der Waals surface area contributed by atoms with Crippen LogP contribution < -0.4 is 5.32 Å². The lowest BCUT2D eigenvalue weighted by atomic mass is 10.1. The summed E-state index contributed by atoms with van der Waals surface area (Å²) in [7, 11) is 0. The zero-order chi connectivity index (χ0) is 22.5. The summed E-state index contributed by atoms with van der Waals surface area (Å²) in [6, 6.07) is 13.5. The van der Waals surface area contributed by atoms with E-state index in [4.69, 9.17) is 0 Å². The van der Waals surface area contributed by atoms with Crippen molar-refractivity contribution >= 4 is 11.6 Å². The highest BCUT2D eigenvalue weighted by molar-refractivity contribution is 5.94. The number of nitrogens with zero attached hydrogens (tertiary/aromatic N) is 4. The molecule has 0 atom stereocenters. The van der Waals surface area contributed by atoms with Crippen LogP contribution in [0.1, 0.15) is 29.8 Å². The third kappa shape index (κ3) is 4.83. The zero-order valence-electron chi connectivity index (χ0n) is 17.5. The van der Waals surface area contributed by atoms with Crippen molar-refractivity contribution in [2.75, 3.05) is 26.2 Å². The van der Waals surface area contributed by atoms with Crippen molar-refractivity contribution in [3.05, 3.63) is 76.2 Å². The Labute approximate surface area is 184 Å². The van der Waals surface area contributed by atoms with Crippen molar-refractivity contribution in [1.29, 1.82) is 0 Å². The Bertz CT molecular complexity index is 1120.